The van der Waals surface area contributed by atoms with E-state index in [1.54, 1.807) is 34.2 Å². The van der Waals surface area contributed by atoms with Crippen LogP contribution >= 0.6 is 11.6 Å². The highest BCUT2D eigenvalue weighted by molar-refractivity contribution is 6.33. The number of carbonyl (C=O) groups excluding carboxylic acids is 1. The highest BCUT2D eigenvalue weighted by Crippen LogP contribution is 2.27. The molecule has 1 saturated heterocycles. The van der Waals surface area contributed by atoms with E-state index in [2.05, 4.69) is 9.97 Å². The summed E-state index contributed by atoms with van der Waals surface area (Å²) in [6.07, 6.45) is 3.05. The Hall–Kier alpha value is -2.85. The molecule has 0 atom stereocenters. The van der Waals surface area contributed by atoms with Crippen LogP contribution in [-0.4, -0.2) is 42.6 Å². The largest absolute Gasteiger partial charge is 0.481 e. The predicted octanol–water partition coefficient (Wildman–Crippen LogP) is 1.86. The van der Waals surface area contributed by atoms with Crippen molar-refractivity contribution in [1.29, 1.82) is 5.26 Å². The lowest BCUT2D eigenvalue weighted by Gasteiger charge is -2.35. The van der Waals surface area contributed by atoms with Gasteiger partial charge in [0.25, 0.3) is 0 Å². The third kappa shape index (κ3) is 3.09. The molecule has 0 aromatic carbocycles. The smallest absolute Gasteiger partial charge is 0.246 e. The van der Waals surface area contributed by atoms with Gasteiger partial charge in [-0.2, -0.15) is 5.26 Å². The van der Waals surface area contributed by atoms with Crippen molar-refractivity contribution >= 4 is 29.0 Å². The zero-order valence-electron chi connectivity index (χ0n) is 12.9. The van der Waals surface area contributed by atoms with E-state index in [1.165, 1.54) is 13.3 Å². The van der Waals surface area contributed by atoms with Crippen molar-refractivity contribution in [2.45, 2.75) is 0 Å². The number of nitrogens with zero attached hydrogens (tertiary/aromatic N) is 5. The van der Waals surface area contributed by atoms with E-state index in [1.807, 2.05) is 6.07 Å². The van der Waals surface area contributed by atoms with E-state index in [-0.39, 0.29) is 12.5 Å². The summed E-state index contributed by atoms with van der Waals surface area (Å²) >= 11 is 6.18. The second-order valence-corrected chi connectivity index (χ2v) is 5.57. The number of ether oxygens (including phenoxy) is 1. The number of methoxy groups -OCH3 is 1. The fraction of sp³-hybridized carbons (Fsp3) is 0.250. The molecule has 8 heteroatoms. The number of hydrogen-bond donors (Lipinski definition) is 0. The molecule has 0 saturated carbocycles. The molecule has 0 aliphatic carbocycles. The maximum Gasteiger partial charge on any atom is 0.246 e. The average Bonchev–Trinajstić information content (AvgIpc) is 2.61. The summed E-state index contributed by atoms with van der Waals surface area (Å²) in [5.41, 5.74) is 1.13. The Labute approximate surface area is 144 Å². The fourth-order valence-electron chi connectivity index (χ4n) is 2.53. The molecule has 0 N–H and O–H groups in total. The number of carbonyl (C=O) groups is 1. The lowest BCUT2D eigenvalue weighted by Crippen LogP contribution is -2.51. The second kappa shape index (κ2) is 6.72. The summed E-state index contributed by atoms with van der Waals surface area (Å²) in [4.78, 5) is 24.2. The van der Waals surface area contributed by atoms with Crippen LogP contribution in [0.15, 0.2) is 30.6 Å². The standard InChI is InChI=1S/C16H14ClN5O2/c1-24-14-7-12(2-3-19-14)22-5-4-21(10-15(22)23)16-13(17)6-11(8-18)9-20-16/h2-3,6-7,9H,4-5,10H2,1H3. The number of nitriles is 1. The molecule has 3 rings (SSSR count). The highest BCUT2D eigenvalue weighted by Gasteiger charge is 2.27. The molecule has 0 radical (unpaired) electrons. The molecule has 1 fully saturated rings. The highest BCUT2D eigenvalue weighted by atomic mass is 35.5. The minimum atomic E-state index is -0.0725. The van der Waals surface area contributed by atoms with E-state index < -0.39 is 0 Å². The van der Waals surface area contributed by atoms with Crippen molar-refractivity contribution in [3.63, 3.8) is 0 Å². The van der Waals surface area contributed by atoms with Gasteiger partial charge in [0, 0.05) is 31.5 Å². The molecule has 1 amide bonds. The molecule has 7 nitrogen and oxygen atoms in total. The van der Waals surface area contributed by atoms with Crippen molar-refractivity contribution in [3.05, 3.63) is 41.2 Å². The zero-order chi connectivity index (χ0) is 17.1. The van der Waals surface area contributed by atoms with Gasteiger partial charge >= 0.3 is 0 Å². The molecule has 2 aromatic heterocycles. The van der Waals surface area contributed by atoms with E-state index in [0.29, 0.717) is 35.4 Å². The van der Waals surface area contributed by atoms with E-state index in [0.717, 1.165) is 5.69 Å². The van der Waals surface area contributed by atoms with Crippen molar-refractivity contribution in [1.82, 2.24) is 9.97 Å². The third-order valence-corrected chi connectivity index (χ3v) is 3.99. The molecule has 1 aliphatic rings. The lowest BCUT2D eigenvalue weighted by atomic mass is 10.2. The third-order valence-electron chi connectivity index (χ3n) is 3.71. The second-order valence-electron chi connectivity index (χ2n) is 5.16. The van der Waals surface area contributed by atoms with Crippen LogP contribution in [0.25, 0.3) is 0 Å². The lowest BCUT2D eigenvalue weighted by molar-refractivity contribution is -0.117. The first-order chi connectivity index (χ1) is 11.6. The summed E-state index contributed by atoms with van der Waals surface area (Å²) in [5.74, 6) is 0.896. The summed E-state index contributed by atoms with van der Waals surface area (Å²) in [6, 6.07) is 7.03. The number of halogens is 1. The predicted molar refractivity (Wildman–Crippen MR) is 89.3 cm³/mol. The molecular weight excluding hydrogens is 330 g/mol. The molecule has 24 heavy (non-hydrogen) atoms. The van der Waals surface area contributed by atoms with Gasteiger partial charge in [-0.3, -0.25) is 4.79 Å². The van der Waals surface area contributed by atoms with Crippen molar-refractivity contribution in [3.8, 4) is 11.9 Å². The summed E-state index contributed by atoms with van der Waals surface area (Å²) < 4.78 is 5.10. The molecule has 3 heterocycles. The first kappa shape index (κ1) is 16.0. The van der Waals surface area contributed by atoms with Gasteiger partial charge in [-0.25, -0.2) is 9.97 Å². The fourth-order valence-corrected chi connectivity index (χ4v) is 2.82. The summed E-state index contributed by atoms with van der Waals surface area (Å²) in [6.45, 7) is 1.22. The monoisotopic (exact) mass is 343 g/mol. The van der Waals surface area contributed by atoms with Gasteiger partial charge in [-0.05, 0) is 12.1 Å². The van der Waals surface area contributed by atoms with Crippen molar-refractivity contribution in [2.24, 2.45) is 0 Å². The average molecular weight is 344 g/mol. The number of aromatic nitrogens is 2. The first-order valence-electron chi connectivity index (χ1n) is 7.23. The van der Waals surface area contributed by atoms with Gasteiger partial charge in [0.15, 0.2) is 0 Å². The zero-order valence-corrected chi connectivity index (χ0v) is 13.7. The van der Waals surface area contributed by atoms with Gasteiger partial charge in [0.2, 0.25) is 11.8 Å². The number of pyridine rings is 2. The van der Waals surface area contributed by atoms with Gasteiger partial charge in [-0.15, -0.1) is 0 Å². The van der Waals surface area contributed by atoms with Crippen LogP contribution in [0.3, 0.4) is 0 Å². The van der Waals surface area contributed by atoms with E-state index >= 15 is 0 Å². The molecular formula is C16H14ClN5O2. The van der Waals surface area contributed by atoms with E-state index in [9.17, 15) is 4.79 Å². The Morgan fingerprint density at radius 1 is 1.33 bits per heavy atom. The molecule has 0 bridgehead atoms. The van der Waals surface area contributed by atoms with Crippen molar-refractivity contribution < 1.29 is 9.53 Å². The normalized spacial score (nSPS) is 14.5. The SMILES string of the molecule is COc1cc(N2CCN(c3ncc(C#N)cc3Cl)CC2=O)ccn1. The summed E-state index contributed by atoms with van der Waals surface area (Å²) in [5, 5.41) is 9.23. The van der Waals surface area contributed by atoms with Crippen LogP contribution in [0.2, 0.25) is 5.02 Å². The van der Waals surface area contributed by atoms with Crippen LogP contribution in [0, 0.1) is 11.3 Å². The number of amides is 1. The van der Waals surface area contributed by atoms with Gasteiger partial charge < -0.3 is 14.5 Å². The topological polar surface area (TPSA) is 82.4 Å². The Kier molecular flexibility index (Phi) is 4.49. The minimum Gasteiger partial charge on any atom is -0.481 e. The molecule has 2 aromatic rings. The number of rotatable bonds is 3. The minimum absolute atomic E-state index is 0.0725. The van der Waals surface area contributed by atoms with Gasteiger partial charge in [0.1, 0.15) is 11.9 Å². The molecule has 0 spiro atoms. The number of anilines is 2. The Morgan fingerprint density at radius 3 is 2.83 bits per heavy atom. The van der Waals surface area contributed by atoms with E-state index in [4.69, 9.17) is 21.6 Å². The Bertz CT molecular complexity index is 820. The Morgan fingerprint density at radius 2 is 2.17 bits per heavy atom. The van der Waals surface area contributed by atoms with Crippen LogP contribution in [0.1, 0.15) is 5.56 Å². The van der Waals surface area contributed by atoms with Crippen LogP contribution in [-0.2, 0) is 4.79 Å². The van der Waals surface area contributed by atoms with Gasteiger partial charge in [-0.1, -0.05) is 11.6 Å². The van der Waals surface area contributed by atoms with Crippen LogP contribution in [0.5, 0.6) is 5.88 Å². The number of piperazine rings is 1. The van der Waals surface area contributed by atoms with Crippen LogP contribution in [0.4, 0.5) is 11.5 Å². The molecule has 122 valence electrons. The molecule has 1 aliphatic heterocycles. The van der Waals surface area contributed by atoms with Gasteiger partial charge in [0.05, 0.1) is 29.9 Å². The maximum absolute atomic E-state index is 12.5. The molecule has 0 unspecified atom stereocenters. The number of hydrogen-bond acceptors (Lipinski definition) is 6. The summed E-state index contributed by atoms with van der Waals surface area (Å²) in [7, 11) is 1.53. The quantitative estimate of drug-likeness (QED) is 0.846. The van der Waals surface area contributed by atoms with Crippen LogP contribution < -0.4 is 14.5 Å². The first-order valence-corrected chi connectivity index (χ1v) is 7.61. The maximum atomic E-state index is 12.5. The van der Waals surface area contributed by atoms with Crippen molar-refractivity contribution in [2.75, 3.05) is 36.5 Å². The Balaban J connectivity index is 1.78.